The smallest absolute Gasteiger partial charge is 0.290 e. The number of amides is 1. The Morgan fingerprint density at radius 1 is 0.885 bits per heavy atom. The van der Waals surface area contributed by atoms with Crippen LogP contribution >= 0.6 is 11.6 Å². The molecular weight excluding hydrogens is 350 g/mol. The second-order valence-electron chi connectivity index (χ2n) is 5.33. The number of benzene rings is 3. The van der Waals surface area contributed by atoms with Gasteiger partial charge in [-0.3, -0.25) is 10.2 Å². The minimum Gasteiger partial charge on any atom is -0.290 e. The molecule has 26 heavy (non-hydrogen) atoms. The third kappa shape index (κ3) is 6.03. The minimum absolute atomic E-state index is 0.479. The average molecular weight is 368 g/mol. The van der Waals surface area contributed by atoms with Crippen LogP contribution in [0, 0.1) is 11.8 Å². The normalized spacial score (nSPS) is 9.46. The van der Waals surface area contributed by atoms with Crippen molar-refractivity contribution in [2.45, 2.75) is 6.92 Å². The highest BCUT2D eigenvalue weighted by Crippen LogP contribution is 2.18. The van der Waals surface area contributed by atoms with Crippen molar-refractivity contribution in [1.29, 1.82) is 0 Å². The summed E-state index contributed by atoms with van der Waals surface area (Å²) in [5, 5.41) is 3.44. The van der Waals surface area contributed by atoms with Gasteiger partial charge in [0, 0.05) is 0 Å². The summed E-state index contributed by atoms with van der Waals surface area (Å²) in [6.45, 7) is 1.99. The molecule has 0 aliphatic rings. The van der Waals surface area contributed by atoms with Crippen LogP contribution < -0.4 is 10.4 Å². The van der Waals surface area contributed by atoms with Gasteiger partial charge < -0.3 is 0 Å². The second-order valence-corrected chi connectivity index (χ2v) is 5.65. The van der Waals surface area contributed by atoms with Crippen molar-refractivity contribution < 1.29 is 4.79 Å². The Kier molecular flexibility index (Phi) is 7.33. The fraction of sp³-hybridized carbons (Fsp3) is 0.0500. The van der Waals surface area contributed by atoms with Crippen LogP contribution in [0.4, 0.5) is 21.9 Å². The lowest BCUT2D eigenvalue weighted by atomic mass is 10.2. The summed E-state index contributed by atoms with van der Waals surface area (Å²) < 4.78 is 0. The van der Waals surface area contributed by atoms with Gasteiger partial charge in [0.2, 0.25) is 0 Å². The Bertz CT molecular complexity index is 825. The number of anilines is 2. The number of halogens is 1. The lowest BCUT2D eigenvalue weighted by Crippen LogP contribution is -2.32. The molecule has 3 rings (SSSR count). The minimum atomic E-state index is -0.581. The summed E-state index contributed by atoms with van der Waals surface area (Å²) in [6, 6.07) is 25.6. The van der Waals surface area contributed by atoms with E-state index in [0.29, 0.717) is 11.4 Å². The van der Waals surface area contributed by atoms with E-state index in [1.54, 1.807) is 24.3 Å². The number of aryl methyl sites for hydroxylation is 1. The fourth-order valence-corrected chi connectivity index (χ4v) is 2.17. The number of carbonyl (C=O) groups excluding carboxylic acids is 1. The van der Waals surface area contributed by atoms with Crippen molar-refractivity contribution in [3.63, 3.8) is 0 Å². The number of nitroso groups, excluding NO2 is 1. The molecule has 1 amide bonds. The highest BCUT2D eigenvalue weighted by molar-refractivity contribution is 6.66. The zero-order valence-electron chi connectivity index (χ0n) is 14.2. The number of hydrazine groups is 1. The van der Waals surface area contributed by atoms with Gasteiger partial charge in [-0.15, -0.1) is 4.91 Å². The standard InChI is InChI=1S/C14H13ClN2O.C6H5NO/c1-11-7-9-13(10-8-11)17(14(15)18)16-12-5-3-2-4-6-12;8-7-6-4-2-1-3-5-6/h2-10,16H,1H3;1-5H. The van der Waals surface area contributed by atoms with E-state index in [2.05, 4.69) is 10.6 Å². The van der Waals surface area contributed by atoms with Crippen LogP contribution in [-0.4, -0.2) is 5.37 Å². The molecule has 0 radical (unpaired) electrons. The quantitative estimate of drug-likeness (QED) is 0.256. The van der Waals surface area contributed by atoms with Crippen LogP contribution in [-0.2, 0) is 0 Å². The van der Waals surface area contributed by atoms with E-state index >= 15 is 0 Å². The van der Waals surface area contributed by atoms with Gasteiger partial charge in [-0.25, -0.2) is 5.01 Å². The maximum absolute atomic E-state index is 11.5. The maximum Gasteiger partial charge on any atom is 0.339 e. The van der Waals surface area contributed by atoms with Gasteiger partial charge in [0.05, 0.1) is 11.4 Å². The van der Waals surface area contributed by atoms with Gasteiger partial charge in [0.25, 0.3) is 0 Å². The molecule has 0 bridgehead atoms. The SMILES string of the molecule is Cc1ccc(N(Nc2ccccc2)C(=O)Cl)cc1.O=Nc1ccccc1. The van der Waals surface area contributed by atoms with E-state index in [0.717, 1.165) is 11.3 Å². The predicted octanol–water partition coefficient (Wildman–Crippen LogP) is 6.27. The number of hydrogen-bond donors (Lipinski definition) is 1. The molecule has 3 aromatic rings. The number of hydrogen-bond acceptors (Lipinski definition) is 4. The first-order valence-corrected chi connectivity index (χ1v) is 8.24. The zero-order valence-corrected chi connectivity index (χ0v) is 14.9. The van der Waals surface area contributed by atoms with Crippen LogP contribution in [0.25, 0.3) is 0 Å². The highest BCUT2D eigenvalue weighted by Gasteiger charge is 2.12. The third-order valence-electron chi connectivity index (χ3n) is 3.34. The van der Waals surface area contributed by atoms with Crippen molar-refractivity contribution in [3.8, 4) is 0 Å². The average Bonchev–Trinajstić information content (AvgIpc) is 2.69. The van der Waals surface area contributed by atoms with Crippen LogP contribution in [0.5, 0.6) is 0 Å². The number of nitrogens with zero attached hydrogens (tertiary/aromatic N) is 2. The maximum atomic E-state index is 11.5. The van der Waals surface area contributed by atoms with Crippen molar-refractivity contribution in [2.24, 2.45) is 5.18 Å². The first-order chi connectivity index (χ1) is 12.6. The van der Waals surface area contributed by atoms with Gasteiger partial charge >= 0.3 is 5.37 Å². The molecule has 3 aromatic carbocycles. The van der Waals surface area contributed by atoms with Crippen LogP contribution in [0.3, 0.4) is 0 Å². The van der Waals surface area contributed by atoms with Gasteiger partial charge in [-0.1, -0.05) is 54.1 Å². The van der Waals surface area contributed by atoms with E-state index in [9.17, 15) is 9.70 Å². The molecule has 5 nitrogen and oxygen atoms in total. The lowest BCUT2D eigenvalue weighted by molar-refractivity contribution is 0.265. The summed E-state index contributed by atoms with van der Waals surface area (Å²) in [4.78, 5) is 21.2. The molecule has 0 saturated carbocycles. The van der Waals surface area contributed by atoms with Gasteiger partial charge in [-0.2, -0.15) is 0 Å². The monoisotopic (exact) mass is 367 g/mol. The zero-order chi connectivity index (χ0) is 18.8. The first kappa shape index (κ1) is 19.1. The van der Waals surface area contributed by atoms with Crippen molar-refractivity contribution in [3.05, 3.63) is 95.4 Å². The Morgan fingerprint density at radius 3 is 1.88 bits per heavy atom. The lowest BCUT2D eigenvalue weighted by Gasteiger charge is -2.21. The van der Waals surface area contributed by atoms with Crippen molar-refractivity contribution >= 4 is 34.0 Å². The van der Waals surface area contributed by atoms with Gasteiger partial charge in [-0.05, 0) is 60.1 Å². The molecule has 0 spiro atoms. The molecule has 0 atom stereocenters. The summed E-state index contributed by atoms with van der Waals surface area (Å²) in [6.07, 6.45) is 0. The third-order valence-corrected chi connectivity index (χ3v) is 3.51. The molecule has 0 heterocycles. The van der Waals surface area contributed by atoms with Crippen molar-refractivity contribution in [2.75, 3.05) is 10.4 Å². The molecule has 6 heteroatoms. The fourth-order valence-electron chi connectivity index (χ4n) is 2.03. The summed E-state index contributed by atoms with van der Waals surface area (Å²) in [7, 11) is 0. The molecule has 0 unspecified atom stereocenters. The van der Waals surface area contributed by atoms with Gasteiger partial charge in [0.1, 0.15) is 5.69 Å². The molecule has 0 aliphatic heterocycles. The van der Waals surface area contributed by atoms with E-state index in [4.69, 9.17) is 11.6 Å². The molecule has 132 valence electrons. The van der Waals surface area contributed by atoms with E-state index in [-0.39, 0.29) is 0 Å². The summed E-state index contributed by atoms with van der Waals surface area (Å²) in [5.74, 6) is 0. The summed E-state index contributed by atoms with van der Waals surface area (Å²) in [5.41, 5.74) is 6.07. The Morgan fingerprint density at radius 2 is 1.42 bits per heavy atom. The molecule has 0 saturated heterocycles. The first-order valence-electron chi connectivity index (χ1n) is 7.86. The topological polar surface area (TPSA) is 61.8 Å². The predicted molar refractivity (Wildman–Crippen MR) is 107 cm³/mol. The Labute approximate surface area is 157 Å². The largest absolute Gasteiger partial charge is 0.339 e. The van der Waals surface area contributed by atoms with E-state index in [1.807, 2.05) is 67.6 Å². The Hall–Kier alpha value is -3.18. The van der Waals surface area contributed by atoms with Crippen LogP contribution in [0.1, 0.15) is 5.56 Å². The summed E-state index contributed by atoms with van der Waals surface area (Å²) >= 11 is 5.59. The van der Waals surface area contributed by atoms with Crippen LogP contribution in [0.2, 0.25) is 0 Å². The van der Waals surface area contributed by atoms with E-state index in [1.165, 1.54) is 5.01 Å². The van der Waals surface area contributed by atoms with Crippen LogP contribution in [0.15, 0.2) is 90.1 Å². The number of nitrogens with one attached hydrogen (secondary N) is 1. The molecule has 0 aliphatic carbocycles. The molecule has 0 aromatic heterocycles. The molecular formula is C20H18ClN3O2. The molecule has 0 fully saturated rings. The van der Waals surface area contributed by atoms with E-state index < -0.39 is 5.37 Å². The number of carbonyl (C=O) groups is 1. The van der Waals surface area contributed by atoms with Crippen molar-refractivity contribution in [1.82, 2.24) is 0 Å². The number of rotatable bonds is 4. The van der Waals surface area contributed by atoms with Gasteiger partial charge in [0.15, 0.2) is 0 Å². The second kappa shape index (κ2) is 9.96. The molecule has 1 N–H and O–H groups in total. The highest BCUT2D eigenvalue weighted by atomic mass is 35.5. The number of para-hydroxylation sites is 1. The Balaban J connectivity index is 0.000000254.